The molecule has 1 aliphatic heterocycles. The normalized spacial score (nSPS) is 16.6. The Morgan fingerprint density at radius 2 is 1.86 bits per heavy atom. The minimum Gasteiger partial charge on any atom is -0.446 e. The van der Waals surface area contributed by atoms with Gasteiger partial charge in [-0.3, -0.25) is 9.47 Å². The summed E-state index contributed by atoms with van der Waals surface area (Å²) in [6.45, 7) is 3.07. The second kappa shape index (κ2) is 10.7. The molecule has 192 valence electrons. The molecule has 0 saturated carbocycles. The number of alkyl halides is 3. The van der Waals surface area contributed by atoms with Gasteiger partial charge in [-0.05, 0) is 46.1 Å². The van der Waals surface area contributed by atoms with E-state index in [4.69, 9.17) is 16.3 Å². The smallest absolute Gasteiger partial charge is 0.446 e. The van der Waals surface area contributed by atoms with Crippen LogP contribution in [0.1, 0.15) is 12.5 Å². The summed E-state index contributed by atoms with van der Waals surface area (Å²) in [4.78, 5) is 29.6. The van der Waals surface area contributed by atoms with Crippen LogP contribution in [0.4, 0.5) is 23.8 Å². The largest absolute Gasteiger partial charge is 0.573 e. The van der Waals surface area contributed by atoms with Crippen molar-refractivity contribution < 1.29 is 37.5 Å². The molecule has 15 heteroatoms. The van der Waals surface area contributed by atoms with Crippen LogP contribution in [0.25, 0.3) is 0 Å². The molecule has 1 aliphatic rings. The van der Waals surface area contributed by atoms with Crippen LogP contribution in [-0.4, -0.2) is 80.2 Å². The number of amides is 1. The Labute approximate surface area is 202 Å². The van der Waals surface area contributed by atoms with Gasteiger partial charge >= 0.3 is 23.6 Å². The lowest BCUT2D eigenvalue weighted by atomic mass is 10.1. The Hall–Kier alpha value is -3.10. The fraction of sp³-hybridized carbons (Fsp3) is 0.500. The molecule has 1 N–H and O–H groups in total. The van der Waals surface area contributed by atoms with Gasteiger partial charge in [0.25, 0.3) is 0 Å². The number of nitrogens with zero attached hydrogens (tertiary/aromatic N) is 5. The van der Waals surface area contributed by atoms with Crippen molar-refractivity contribution in [3.05, 3.63) is 51.4 Å². The molecule has 35 heavy (non-hydrogen) atoms. The number of aromatic nitrogens is 2. The van der Waals surface area contributed by atoms with Crippen molar-refractivity contribution in [1.82, 2.24) is 19.4 Å². The molecule has 1 fully saturated rings. The summed E-state index contributed by atoms with van der Waals surface area (Å²) in [5, 5.41) is 21.1. The maximum atomic E-state index is 12.4. The number of hydrogen-bond acceptors (Lipinski definition) is 8. The molecule has 0 radical (unpaired) electrons. The van der Waals surface area contributed by atoms with Crippen molar-refractivity contribution in [2.24, 2.45) is 0 Å². The van der Waals surface area contributed by atoms with Crippen LogP contribution in [0.5, 0.6) is 5.75 Å². The van der Waals surface area contributed by atoms with E-state index in [1.54, 1.807) is 12.1 Å². The molecule has 0 aliphatic carbocycles. The highest BCUT2D eigenvalue weighted by Gasteiger charge is 2.31. The molecule has 1 amide bonds. The van der Waals surface area contributed by atoms with Crippen LogP contribution in [-0.2, 0) is 17.8 Å². The quantitative estimate of drug-likeness (QED) is 0.415. The van der Waals surface area contributed by atoms with Crippen LogP contribution in [0, 0.1) is 10.1 Å². The number of piperazine rings is 1. The van der Waals surface area contributed by atoms with Gasteiger partial charge in [-0.15, -0.1) is 13.2 Å². The molecule has 1 saturated heterocycles. The van der Waals surface area contributed by atoms with Gasteiger partial charge in [-0.2, -0.15) is 0 Å². The number of benzene rings is 1. The molecule has 1 aromatic heterocycles. The SMILES string of the molecule is CC(O)(COC(=O)N1CCN(Cc2ccc(OC(F)(F)F)cc2)CC1)Cn1cc([N+](=O)[O-])nc1Cl. The molecule has 2 heterocycles. The van der Waals surface area contributed by atoms with Gasteiger partial charge in [0.2, 0.25) is 0 Å². The average molecular weight is 522 g/mol. The van der Waals surface area contributed by atoms with Crippen molar-refractivity contribution in [2.75, 3.05) is 32.8 Å². The maximum absolute atomic E-state index is 12.4. The fourth-order valence-corrected chi connectivity index (χ4v) is 3.64. The van der Waals surface area contributed by atoms with Gasteiger partial charge in [0.1, 0.15) is 24.2 Å². The average Bonchev–Trinajstić information content (AvgIpc) is 3.13. The predicted molar refractivity (Wildman–Crippen MR) is 116 cm³/mol. The van der Waals surface area contributed by atoms with Crippen LogP contribution < -0.4 is 4.74 Å². The van der Waals surface area contributed by atoms with Crippen molar-refractivity contribution in [3.63, 3.8) is 0 Å². The monoisotopic (exact) mass is 521 g/mol. The molecular formula is C20H23ClF3N5O6. The Balaban J connectivity index is 1.43. The zero-order valence-electron chi connectivity index (χ0n) is 18.6. The number of rotatable bonds is 8. The molecule has 3 rings (SSSR count). The molecule has 11 nitrogen and oxygen atoms in total. The van der Waals surface area contributed by atoms with Crippen LogP contribution in [0.15, 0.2) is 30.5 Å². The van der Waals surface area contributed by atoms with E-state index in [1.807, 2.05) is 4.90 Å². The lowest BCUT2D eigenvalue weighted by Crippen LogP contribution is -2.49. The summed E-state index contributed by atoms with van der Waals surface area (Å²) >= 11 is 5.85. The Bertz CT molecular complexity index is 1040. The summed E-state index contributed by atoms with van der Waals surface area (Å²) < 4.78 is 47.0. The van der Waals surface area contributed by atoms with Crippen LogP contribution >= 0.6 is 11.6 Å². The zero-order valence-corrected chi connectivity index (χ0v) is 19.3. The summed E-state index contributed by atoms with van der Waals surface area (Å²) in [7, 11) is 0. The second-order valence-corrected chi connectivity index (χ2v) is 8.60. The first kappa shape index (κ1) is 26.5. The van der Waals surface area contributed by atoms with Gasteiger partial charge in [-0.1, -0.05) is 12.1 Å². The van der Waals surface area contributed by atoms with E-state index in [2.05, 4.69) is 9.72 Å². The van der Waals surface area contributed by atoms with Crippen molar-refractivity contribution >= 4 is 23.5 Å². The van der Waals surface area contributed by atoms with Gasteiger partial charge in [0.05, 0.1) is 6.54 Å². The first-order valence-electron chi connectivity index (χ1n) is 10.4. The maximum Gasteiger partial charge on any atom is 0.573 e. The molecule has 1 unspecified atom stereocenters. The minimum absolute atomic E-state index is 0.179. The molecule has 1 atom stereocenters. The van der Waals surface area contributed by atoms with Crippen LogP contribution in [0.3, 0.4) is 0 Å². The summed E-state index contributed by atoms with van der Waals surface area (Å²) in [6, 6.07) is 5.59. The molecule has 0 spiro atoms. The zero-order chi connectivity index (χ0) is 25.8. The molecule has 2 aromatic rings. The topological polar surface area (TPSA) is 123 Å². The minimum atomic E-state index is -4.74. The van der Waals surface area contributed by atoms with Crippen molar-refractivity contribution in [3.8, 4) is 5.75 Å². The molecular weight excluding hydrogens is 499 g/mol. The first-order valence-corrected chi connectivity index (χ1v) is 10.8. The van der Waals surface area contributed by atoms with E-state index in [1.165, 1.54) is 28.5 Å². The second-order valence-electron chi connectivity index (χ2n) is 8.26. The Morgan fingerprint density at radius 1 is 1.23 bits per heavy atom. The van der Waals surface area contributed by atoms with Crippen molar-refractivity contribution in [2.45, 2.75) is 32.0 Å². The van der Waals surface area contributed by atoms with E-state index in [0.717, 1.165) is 11.8 Å². The van der Waals surface area contributed by atoms with Gasteiger partial charge < -0.3 is 29.6 Å². The number of nitro groups is 1. The fourth-order valence-electron chi connectivity index (χ4n) is 3.44. The van der Waals surface area contributed by atoms with E-state index in [-0.39, 0.29) is 24.2 Å². The standard InChI is InChI=1S/C20H23ClF3N5O6/c1-19(31,12-28-11-16(29(32)33)25-17(28)21)13-34-18(30)27-8-6-26(7-9-27)10-14-2-4-15(5-3-14)35-20(22,23)24/h2-5,11,31H,6-10,12-13H2,1H3. The van der Waals surface area contributed by atoms with Gasteiger partial charge in [-0.25, -0.2) is 4.79 Å². The Morgan fingerprint density at radius 3 is 2.40 bits per heavy atom. The summed E-state index contributed by atoms with van der Waals surface area (Å²) in [6.07, 6.45) is -4.29. The number of aliphatic hydroxyl groups is 1. The first-order chi connectivity index (χ1) is 16.3. The van der Waals surface area contributed by atoms with Gasteiger partial charge in [0, 0.05) is 32.7 Å². The van der Waals surface area contributed by atoms with E-state index in [0.29, 0.717) is 32.7 Å². The van der Waals surface area contributed by atoms with Crippen molar-refractivity contribution in [1.29, 1.82) is 0 Å². The van der Waals surface area contributed by atoms with Gasteiger partial charge in [0.15, 0.2) is 0 Å². The number of carbonyl (C=O) groups is 1. The van der Waals surface area contributed by atoms with E-state index >= 15 is 0 Å². The third kappa shape index (κ3) is 7.97. The van der Waals surface area contributed by atoms with E-state index in [9.17, 15) is 33.2 Å². The Kier molecular flexibility index (Phi) is 8.07. The third-order valence-corrected chi connectivity index (χ3v) is 5.41. The molecule has 1 aromatic carbocycles. The highest BCUT2D eigenvalue weighted by molar-refractivity contribution is 6.28. The lowest BCUT2D eigenvalue weighted by molar-refractivity contribution is -0.389. The number of carbonyl (C=O) groups excluding carboxylic acids is 1. The summed E-state index contributed by atoms with van der Waals surface area (Å²) in [5.74, 6) is -0.760. The molecule has 0 bridgehead atoms. The third-order valence-electron chi connectivity index (χ3n) is 5.11. The number of imidazole rings is 1. The summed E-state index contributed by atoms with van der Waals surface area (Å²) in [5.41, 5.74) is -0.762. The predicted octanol–water partition coefficient (Wildman–Crippen LogP) is 3.05. The number of halogens is 4. The van der Waals surface area contributed by atoms with Crippen LogP contribution in [0.2, 0.25) is 5.28 Å². The van der Waals surface area contributed by atoms with E-state index < -0.39 is 28.8 Å². The number of hydrogen-bond donors (Lipinski definition) is 1. The number of ether oxygens (including phenoxy) is 2. The highest BCUT2D eigenvalue weighted by Crippen LogP contribution is 2.23. The highest BCUT2D eigenvalue weighted by atomic mass is 35.5. The lowest BCUT2D eigenvalue weighted by Gasteiger charge is -2.34.